The minimum atomic E-state index is -0.0983. The molecular formula is C24H22N4O2S2. The standard InChI is InChI=1S/C24H22N4O2S2/c1-30-20-12-6-8-17(14-20)23-26-27-24(28(23)19-10-4-3-5-11-19)32-16-22(29)25-18-9-7-13-21(15-18)31-2/h3-15H,16H2,1-2H3,(H,25,29). The fraction of sp³-hybridized carbons (Fsp3) is 0.125. The number of para-hydroxylation sites is 1. The molecule has 0 aliphatic carbocycles. The number of methoxy groups -OCH3 is 1. The molecule has 6 nitrogen and oxygen atoms in total. The number of carbonyl (C=O) groups excluding carboxylic acids is 1. The van der Waals surface area contributed by atoms with Crippen molar-refractivity contribution in [3.05, 3.63) is 78.9 Å². The quantitative estimate of drug-likeness (QED) is 0.354. The van der Waals surface area contributed by atoms with Crippen LogP contribution in [0.2, 0.25) is 0 Å². The molecule has 0 atom stereocenters. The Labute approximate surface area is 195 Å². The van der Waals surface area contributed by atoms with Crippen LogP contribution in [0.15, 0.2) is 88.9 Å². The predicted molar refractivity (Wildman–Crippen MR) is 131 cm³/mol. The molecule has 0 saturated carbocycles. The van der Waals surface area contributed by atoms with Crippen molar-refractivity contribution in [1.82, 2.24) is 14.8 Å². The molecule has 1 heterocycles. The molecule has 0 radical (unpaired) electrons. The number of aromatic nitrogens is 3. The zero-order chi connectivity index (χ0) is 22.3. The van der Waals surface area contributed by atoms with Crippen LogP contribution in [0.25, 0.3) is 17.1 Å². The van der Waals surface area contributed by atoms with Crippen molar-refractivity contribution in [3.8, 4) is 22.8 Å². The minimum absolute atomic E-state index is 0.0983. The Morgan fingerprint density at radius 2 is 1.81 bits per heavy atom. The molecular weight excluding hydrogens is 440 g/mol. The van der Waals surface area contributed by atoms with E-state index in [1.807, 2.05) is 89.7 Å². The van der Waals surface area contributed by atoms with E-state index in [2.05, 4.69) is 15.5 Å². The van der Waals surface area contributed by atoms with Crippen LogP contribution in [0.4, 0.5) is 5.69 Å². The number of amides is 1. The van der Waals surface area contributed by atoms with Crippen LogP contribution < -0.4 is 10.1 Å². The van der Waals surface area contributed by atoms with Gasteiger partial charge in [-0.3, -0.25) is 9.36 Å². The average molecular weight is 463 g/mol. The average Bonchev–Trinajstić information content (AvgIpc) is 3.27. The summed E-state index contributed by atoms with van der Waals surface area (Å²) in [6.45, 7) is 0. The van der Waals surface area contributed by atoms with E-state index in [-0.39, 0.29) is 11.7 Å². The third-order valence-corrected chi connectivity index (χ3v) is 6.32. The van der Waals surface area contributed by atoms with E-state index in [1.165, 1.54) is 11.8 Å². The van der Waals surface area contributed by atoms with Gasteiger partial charge in [0.1, 0.15) is 5.75 Å². The van der Waals surface area contributed by atoms with Gasteiger partial charge < -0.3 is 10.1 Å². The third kappa shape index (κ3) is 5.15. The molecule has 8 heteroatoms. The molecule has 4 aromatic rings. The lowest BCUT2D eigenvalue weighted by Crippen LogP contribution is -2.14. The molecule has 0 aliphatic rings. The Hall–Kier alpha value is -3.23. The molecule has 3 aromatic carbocycles. The van der Waals surface area contributed by atoms with Gasteiger partial charge in [0.05, 0.1) is 12.9 Å². The van der Waals surface area contributed by atoms with E-state index in [1.54, 1.807) is 18.9 Å². The number of carbonyl (C=O) groups is 1. The van der Waals surface area contributed by atoms with Gasteiger partial charge in [0.2, 0.25) is 5.91 Å². The number of nitrogens with zero attached hydrogens (tertiary/aromatic N) is 3. The van der Waals surface area contributed by atoms with Crippen LogP contribution in [0.1, 0.15) is 0 Å². The topological polar surface area (TPSA) is 69.0 Å². The maximum atomic E-state index is 12.6. The maximum absolute atomic E-state index is 12.6. The highest BCUT2D eigenvalue weighted by molar-refractivity contribution is 7.99. The van der Waals surface area contributed by atoms with Gasteiger partial charge in [0.15, 0.2) is 11.0 Å². The molecule has 0 unspecified atom stereocenters. The number of ether oxygens (including phenoxy) is 1. The van der Waals surface area contributed by atoms with Crippen molar-refractivity contribution in [2.24, 2.45) is 0 Å². The van der Waals surface area contributed by atoms with Crippen LogP contribution in [-0.4, -0.2) is 39.8 Å². The summed E-state index contributed by atoms with van der Waals surface area (Å²) in [7, 11) is 1.63. The fourth-order valence-electron chi connectivity index (χ4n) is 3.15. The molecule has 0 spiro atoms. The van der Waals surface area contributed by atoms with E-state index in [0.717, 1.165) is 27.6 Å². The second-order valence-electron chi connectivity index (χ2n) is 6.78. The zero-order valence-electron chi connectivity index (χ0n) is 17.7. The number of anilines is 1. The van der Waals surface area contributed by atoms with E-state index < -0.39 is 0 Å². The summed E-state index contributed by atoms with van der Waals surface area (Å²) >= 11 is 2.98. The fourth-order valence-corrected chi connectivity index (χ4v) is 4.36. The van der Waals surface area contributed by atoms with Gasteiger partial charge in [-0.15, -0.1) is 22.0 Å². The molecule has 0 aliphatic heterocycles. The lowest BCUT2D eigenvalue weighted by Gasteiger charge is -2.11. The SMILES string of the molecule is COc1cccc(-c2nnc(SCC(=O)Nc3cccc(SC)c3)n2-c2ccccc2)c1. The molecule has 4 rings (SSSR count). The molecule has 0 saturated heterocycles. The minimum Gasteiger partial charge on any atom is -0.497 e. The summed E-state index contributed by atoms with van der Waals surface area (Å²) in [4.78, 5) is 13.7. The zero-order valence-corrected chi connectivity index (χ0v) is 19.3. The number of hydrogen-bond donors (Lipinski definition) is 1. The first-order valence-corrected chi connectivity index (χ1v) is 12.1. The lowest BCUT2D eigenvalue weighted by molar-refractivity contribution is -0.113. The van der Waals surface area contributed by atoms with Gasteiger partial charge in [-0.05, 0) is 48.7 Å². The van der Waals surface area contributed by atoms with Gasteiger partial charge in [-0.2, -0.15) is 0 Å². The number of nitrogens with one attached hydrogen (secondary N) is 1. The van der Waals surface area contributed by atoms with Crippen LogP contribution in [-0.2, 0) is 4.79 Å². The van der Waals surface area contributed by atoms with Gasteiger partial charge in [-0.25, -0.2) is 0 Å². The number of hydrogen-bond acceptors (Lipinski definition) is 6. The summed E-state index contributed by atoms with van der Waals surface area (Å²) in [5.41, 5.74) is 2.58. The lowest BCUT2D eigenvalue weighted by atomic mass is 10.2. The van der Waals surface area contributed by atoms with Gasteiger partial charge in [0.25, 0.3) is 0 Å². The van der Waals surface area contributed by atoms with Crippen LogP contribution in [0, 0.1) is 0 Å². The first-order valence-electron chi connectivity index (χ1n) is 9.90. The Kier molecular flexibility index (Phi) is 7.14. The van der Waals surface area contributed by atoms with E-state index in [0.29, 0.717) is 11.0 Å². The van der Waals surface area contributed by atoms with Crippen molar-refractivity contribution >= 4 is 35.1 Å². The third-order valence-electron chi connectivity index (χ3n) is 4.66. The van der Waals surface area contributed by atoms with Crippen molar-refractivity contribution in [2.45, 2.75) is 10.1 Å². The van der Waals surface area contributed by atoms with Gasteiger partial charge in [0, 0.05) is 21.8 Å². The monoisotopic (exact) mass is 462 g/mol. The summed E-state index contributed by atoms with van der Waals surface area (Å²) in [5.74, 6) is 1.54. The van der Waals surface area contributed by atoms with Crippen molar-refractivity contribution in [3.63, 3.8) is 0 Å². The Morgan fingerprint density at radius 3 is 2.59 bits per heavy atom. The summed E-state index contributed by atoms with van der Waals surface area (Å²) < 4.78 is 7.32. The van der Waals surface area contributed by atoms with Gasteiger partial charge in [-0.1, -0.05) is 48.2 Å². The van der Waals surface area contributed by atoms with Crippen molar-refractivity contribution < 1.29 is 9.53 Å². The molecule has 162 valence electrons. The molecule has 1 amide bonds. The highest BCUT2D eigenvalue weighted by Crippen LogP contribution is 2.30. The van der Waals surface area contributed by atoms with E-state index in [9.17, 15) is 4.79 Å². The van der Waals surface area contributed by atoms with Crippen LogP contribution >= 0.6 is 23.5 Å². The van der Waals surface area contributed by atoms with Crippen molar-refractivity contribution in [2.75, 3.05) is 24.4 Å². The summed E-state index contributed by atoms with van der Waals surface area (Å²) in [6.07, 6.45) is 2.01. The molecule has 0 bridgehead atoms. The van der Waals surface area contributed by atoms with Crippen molar-refractivity contribution in [1.29, 1.82) is 0 Å². The van der Waals surface area contributed by atoms with E-state index >= 15 is 0 Å². The Balaban J connectivity index is 1.58. The van der Waals surface area contributed by atoms with E-state index in [4.69, 9.17) is 4.74 Å². The first kappa shape index (κ1) is 22.0. The largest absolute Gasteiger partial charge is 0.497 e. The number of benzene rings is 3. The summed E-state index contributed by atoms with van der Waals surface area (Å²) in [5, 5.41) is 12.4. The predicted octanol–water partition coefficient (Wildman–Crippen LogP) is 5.40. The molecule has 1 aromatic heterocycles. The smallest absolute Gasteiger partial charge is 0.234 e. The normalized spacial score (nSPS) is 10.7. The molecule has 1 N–H and O–H groups in total. The van der Waals surface area contributed by atoms with Crippen LogP contribution in [0.5, 0.6) is 5.75 Å². The second kappa shape index (κ2) is 10.4. The molecule has 32 heavy (non-hydrogen) atoms. The first-order chi connectivity index (χ1) is 15.7. The Morgan fingerprint density at radius 1 is 1.00 bits per heavy atom. The molecule has 0 fully saturated rings. The number of thioether (sulfide) groups is 2. The van der Waals surface area contributed by atoms with Gasteiger partial charge >= 0.3 is 0 Å². The summed E-state index contributed by atoms with van der Waals surface area (Å²) in [6, 6.07) is 25.3. The highest BCUT2D eigenvalue weighted by atomic mass is 32.2. The second-order valence-corrected chi connectivity index (χ2v) is 8.60. The van der Waals surface area contributed by atoms with Crippen LogP contribution in [0.3, 0.4) is 0 Å². The Bertz CT molecular complexity index is 1210. The maximum Gasteiger partial charge on any atom is 0.234 e. The highest BCUT2D eigenvalue weighted by Gasteiger charge is 2.17. The number of rotatable bonds is 8.